The SMILES string of the molecule is C#CCC(C)NCc1cc(Br)c(Cl)s1. The summed E-state index contributed by atoms with van der Waals surface area (Å²) in [5.74, 6) is 2.63. The van der Waals surface area contributed by atoms with Gasteiger partial charge in [0.2, 0.25) is 0 Å². The van der Waals surface area contributed by atoms with Gasteiger partial charge in [-0.05, 0) is 28.9 Å². The molecule has 76 valence electrons. The Kier molecular flexibility index (Phi) is 4.97. The van der Waals surface area contributed by atoms with Crippen LogP contribution in [-0.4, -0.2) is 6.04 Å². The Bertz CT molecular complexity index is 323. The highest BCUT2D eigenvalue weighted by Crippen LogP contribution is 2.31. The monoisotopic (exact) mass is 291 g/mol. The lowest BCUT2D eigenvalue weighted by atomic mass is 10.2. The van der Waals surface area contributed by atoms with Gasteiger partial charge in [0, 0.05) is 28.4 Å². The summed E-state index contributed by atoms with van der Waals surface area (Å²) >= 11 is 10.9. The first kappa shape index (κ1) is 12.1. The Morgan fingerprint density at radius 2 is 2.50 bits per heavy atom. The van der Waals surface area contributed by atoms with E-state index >= 15 is 0 Å². The molecule has 4 heteroatoms. The Morgan fingerprint density at radius 3 is 3.00 bits per heavy atom. The third-order valence-corrected chi connectivity index (χ3v) is 4.22. The second-order valence-corrected chi connectivity index (χ2v) is 5.62. The number of rotatable bonds is 4. The van der Waals surface area contributed by atoms with Gasteiger partial charge in [-0.25, -0.2) is 0 Å². The molecule has 1 N–H and O–H groups in total. The maximum Gasteiger partial charge on any atom is 0.107 e. The van der Waals surface area contributed by atoms with Gasteiger partial charge in [0.25, 0.3) is 0 Å². The average molecular weight is 293 g/mol. The molecule has 0 fully saturated rings. The summed E-state index contributed by atoms with van der Waals surface area (Å²) in [5, 5.41) is 3.33. The van der Waals surface area contributed by atoms with E-state index in [2.05, 4.69) is 34.1 Å². The van der Waals surface area contributed by atoms with E-state index in [-0.39, 0.29) is 0 Å². The molecule has 0 amide bonds. The van der Waals surface area contributed by atoms with Gasteiger partial charge >= 0.3 is 0 Å². The lowest BCUT2D eigenvalue weighted by Crippen LogP contribution is -2.24. The molecule has 1 nitrogen and oxygen atoms in total. The first-order valence-electron chi connectivity index (χ1n) is 4.24. The minimum atomic E-state index is 0.347. The van der Waals surface area contributed by atoms with Crippen LogP contribution in [0.5, 0.6) is 0 Å². The largest absolute Gasteiger partial charge is 0.308 e. The molecular weight excluding hydrogens is 282 g/mol. The highest BCUT2D eigenvalue weighted by Gasteiger charge is 2.05. The van der Waals surface area contributed by atoms with E-state index in [9.17, 15) is 0 Å². The molecule has 0 aliphatic heterocycles. The lowest BCUT2D eigenvalue weighted by molar-refractivity contribution is 0.563. The molecule has 1 aromatic heterocycles. The third-order valence-electron chi connectivity index (χ3n) is 1.74. The molecule has 14 heavy (non-hydrogen) atoms. The summed E-state index contributed by atoms with van der Waals surface area (Å²) in [4.78, 5) is 1.21. The minimum Gasteiger partial charge on any atom is -0.308 e. The molecule has 0 radical (unpaired) electrons. The smallest absolute Gasteiger partial charge is 0.107 e. The molecule has 1 rings (SSSR count). The molecule has 0 bridgehead atoms. The van der Waals surface area contributed by atoms with Crippen molar-refractivity contribution in [3.8, 4) is 12.3 Å². The normalized spacial score (nSPS) is 12.4. The Labute approximate surface area is 102 Å². The lowest BCUT2D eigenvalue weighted by Gasteiger charge is -2.08. The molecule has 0 aliphatic carbocycles. The van der Waals surface area contributed by atoms with Crippen LogP contribution >= 0.6 is 38.9 Å². The molecule has 1 atom stereocenters. The fourth-order valence-corrected chi connectivity index (χ4v) is 2.74. The van der Waals surface area contributed by atoms with Crippen molar-refractivity contribution in [1.82, 2.24) is 5.32 Å². The van der Waals surface area contributed by atoms with Crippen LogP contribution in [-0.2, 0) is 6.54 Å². The molecular formula is C10H11BrClNS. The second-order valence-electron chi connectivity index (χ2n) is 3.02. The van der Waals surface area contributed by atoms with Crippen molar-refractivity contribution in [2.75, 3.05) is 0 Å². The van der Waals surface area contributed by atoms with Crippen LogP contribution in [0.2, 0.25) is 4.34 Å². The predicted molar refractivity (Wildman–Crippen MR) is 66.8 cm³/mol. The summed E-state index contributed by atoms with van der Waals surface area (Å²) in [6.07, 6.45) is 5.96. The van der Waals surface area contributed by atoms with E-state index in [4.69, 9.17) is 18.0 Å². The van der Waals surface area contributed by atoms with Crippen LogP contribution in [0.4, 0.5) is 0 Å². The zero-order chi connectivity index (χ0) is 10.6. The number of halogens is 2. The summed E-state index contributed by atoms with van der Waals surface area (Å²) in [6, 6.07) is 2.38. The second kappa shape index (κ2) is 5.77. The van der Waals surface area contributed by atoms with Gasteiger partial charge in [-0.2, -0.15) is 0 Å². The topological polar surface area (TPSA) is 12.0 Å². The number of nitrogens with one attached hydrogen (secondary N) is 1. The van der Waals surface area contributed by atoms with E-state index in [1.807, 2.05) is 6.07 Å². The maximum absolute atomic E-state index is 5.92. The first-order chi connectivity index (χ1) is 6.63. The molecule has 0 saturated carbocycles. The number of thiophene rings is 1. The Morgan fingerprint density at radius 1 is 1.79 bits per heavy atom. The van der Waals surface area contributed by atoms with Crippen LogP contribution in [0.3, 0.4) is 0 Å². The minimum absolute atomic E-state index is 0.347. The van der Waals surface area contributed by atoms with Crippen molar-refractivity contribution < 1.29 is 0 Å². The van der Waals surface area contributed by atoms with Crippen molar-refractivity contribution in [2.45, 2.75) is 25.9 Å². The van der Waals surface area contributed by atoms with Gasteiger partial charge in [-0.3, -0.25) is 0 Å². The van der Waals surface area contributed by atoms with Gasteiger partial charge < -0.3 is 5.32 Å². The van der Waals surface area contributed by atoms with Gasteiger partial charge in [0.1, 0.15) is 4.34 Å². The van der Waals surface area contributed by atoms with Gasteiger partial charge in [0.05, 0.1) is 0 Å². The Hall–Kier alpha value is -0.0100. The van der Waals surface area contributed by atoms with Crippen LogP contribution in [0.15, 0.2) is 10.5 Å². The third kappa shape index (κ3) is 3.62. The summed E-state index contributed by atoms with van der Waals surface area (Å²) in [6.45, 7) is 2.89. The van der Waals surface area contributed by atoms with Crippen LogP contribution in [0.1, 0.15) is 18.2 Å². The van der Waals surface area contributed by atoms with Gasteiger partial charge in [0.15, 0.2) is 0 Å². The Balaban J connectivity index is 2.42. The van der Waals surface area contributed by atoms with Gasteiger partial charge in [-0.15, -0.1) is 23.7 Å². The summed E-state index contributed by atoms with van der Waals surface area (Å²) < 4.78 is 1.76. The fraction of sp³-hybridized carbons (Fsp3) is 0.400. The zero-order valence-electron chi connectivity index (χ0n) is 7.81. The van der Waals surface area contributed by atoms with Gasteiger partial charge in [-0.1, -0.05) is 11.6 Å². The summed E-state index contributed by atoms with van der Waals surface area (Å²) in [5.41, 5.74) is 0. The number of terminal acetylenes is 1. The molecule has 0 saturated heterocycles. The number of hydrogen-bond donors (Lipinski definition) is 1. The van der Waals surface area contributed by atoms with Crippen LogP contribution in [0, 0.1) is 12.3 Å². The standard InChI is InChI=1S/C10H11BrClNS/c1-3-4-7(2)13-6-8-5-9(11)10(12)14-8/h1,5,7,13H,4,6H2,2H3. The van der Waals surface area contributed by atoms with E-state index in [1.54, 1.807) is 11.3 Å². The van der Waals surface area contributed by atoms with Crippen molar-refractivity contribution in [3.05, 3.63) is 19.8 Å². The van der Waals surface area contributed by atoms with Crippen LogP contribution < -0.4 is 5.32 Å². The number of hydrogen-bond acceptors (Lipinski definition) is 2. The van der Waals surface area contributed by atoms with Crippen LogP contribution in [0.25, 0.3) is 0 Å². The first-order valence-corrected chi connectivity index (χ1v) is 6.22. The molecule has 0 spiro atoms. The molecule has 1 aromatic rings. The van der Waals surface area contributed by atoms with E-state index < -0.39 is 0 Å². The van der Waals surface area contributed by atoms with Crippen molar-refractivity contribution in [3.63, 3.8) is 0 Å². The highest BCUT2D eigenvalue weighted by atomic mass is 79.9. The fourth-order valence-electron chi connectivity index (χ4n) is 1.00. The van der Waals surface area contributed by atoms with E-state index in [0.717, 1.165) is 21.8 Å². The zero-order valence-corrected chi connectivity index (χ0v) is 11.0. The molecule has 0 aliphatic rings. The maximum atomic E-state index is 5.92. The average Bonchev–Trinajstić information content (AvgIpc) is 2.44. The molecule has 0 aromatic carbocycles. The van der Waals surface area contributed by atoms with Crippen molar-refractivity contribution in [1.29, 1.82) is 0 Å². The van der Waals surface area contributed by atoms with E-state index in [0.29, 0.717) is 6.04 Å². The molecule has 1 unspecified atom stereocenters. The predicted octanol–water partition coefficient (Wildman–Crippen LogP) is 3.67. The van der Waals surface area contributed by atoms with E-state index in [1.165, 1.54) is 4.88 Å². The van der Waals surface area contributed by atoms with Crippen molar-refractivity contribution >= 4 is 38.9 Å². The van der Waals surface area contributed by atoms with Crippen molar-refractivity contribution in [2.24, 2.45) is 0 Å². The molecule has 1 heterocycles. The quantitative estimate of drug-likeness (QED) is 0.835. The highest BCUT2D eigenvalue weighted by molar-refractivity contribution is 9.10. The summed E-state index contributed by atoms with van der Waals surface area (Å²) in [7, 11) is 0.